The third-order valence-electron chi connectivity index (χ3n) is 6.74. The minimum Gasteiger partial charge on any atom is -0.460 e. The zero-order valence-corrected chi connectivity index (χ0v) is 21.7. The summed E-state index contributed by atoms with van der Waals surface area (Å²) in [5, 5.41) is 12.8. The molecule has 36 heavy (non-hydrogen) atoms. The molecule has 0 radical (unpaired) electrons. The molecule has 4 rings (SSSR count). The Hall–Kier alpha value is -2.37. The number of amides is 1. The first kappa shape index (κ1) is 26.7. The number of benzene rings is 1. The smallest absolute Gasteiger partial charge is 0.350 e. The summed E-state index contributed by atoms with van der Waals surface area (Å²) in [6, 6.07) is 7.52. The number of aliphatic hydroxyl groups excluding tert-OH is 1. The van der Waals surface area contributed by atoms with E-state index in [4.69, 9.17) is 9.47 Å². The molecule has 2 fully saturated rings. The van der Waals surface area contributed by atoms with E-state index >= 15 is 0 Å². The normalized spacial score (nSPS) is 17.4. The van der Waals surface area contributed by atoms with Gasteiger partial charge in [0.25, 0.3) is 0 Å². The van der Waals surface area contributed by atoms with E-state index < -0.39 is 6.10 Å². The number of hydrogen-bond donors (Lipinski definition) is 2. The van der Waals surface area contributed by atoms with Crippen molar-refractivity contribution in [2.75, 3.05) is 51.0 Å². The number of nitrogens with one attached hydrogen (secondary N) is 1. The molecule has 2 N–H and O–H groups in total. The summed E-state index contributed by atoms with van der Waals surface area (Å²) in [7, 11) is 0. The maximum absolute atomic E-state index is 12.3. The Kier molecular flexibility index (Phi) is 9.82. The molecule has 1 aromatic carbocycles. The summed E-state index contributed by atoms with van der Waals surface area (Å²) < 4.78 is 10.7. The van der Waals surface area contributed by atoms with Crippen molar-refractivity contribution < 1.29 is 24.2 Å². The van der Waals surface area contributed by atoms with Crippen LogP contribution in [0.15, 0.2) is 30.5 Å². The van der Waals surface area contributed by atoms with Crippen LogP contribution >= 0.6 is 11.3 Å². The van der Waals surface area contributed by atoms with Crippen molar-refractivity contribution in [3.05, 3.63) is 45.9 Å². The van der Waals surface area contributed by atoms with Gasteiger partial charge >= 0.3 is 5.97 Å². The highest BCUT2D eigenvalue weighted by Gasteiger charge is 2.26. The number of nitrogens with zero attached hydrogens (tertiary/aromatic N) is 3. The molecule has 1 saturated carbocycles. The Labute approximate surface area is 216 Å². The summed E-state index contributed by atoms with van der Waals surface area (Å²) >= 11 is 1.35. The second-order valence-corrected chi connectivity index (χ2v) is 10.4. The Morgan fingerprint density at radius 2 is 2.03 bits per heavy atom. The fraction of sp³-hybridized carbons (Fsp3) is 0.577. The molecule has 1 unspecified atom stereocenters. The summed E-state index contributed by atoms with van der Waals surface area (Å²) in [6.07, 6.45) is 5.91. The molecule has 9 nitrogen and oxygen atoms in total. The van der Waals surface area contributed by atoms with Crippen LogP contribution in [0.4, 0.5) is 5.69 Å². The maximum Gasteiger partial charge on any atom is 0.350 e. The Balaban J connectivity index is 1.18. The fourth-order valence-electron chi connectivity index (χ4n) is 4.35. The summed E-state index contributed by atoms with van der Waals surface area (Å²) in [5.74, 6) is -0.0985. The van der Waals surface area contributed by atoms with Crippen molar-refractivity contribution in [3.8, 4) is 0 Å². The lowest BCUT2D eigenvalue weighted by Gasteiger charge is -2.30. The molecule has 1 aromatic heterocycles. The number of aryl methyl sites for hydroxylation is 1. The van der Waals surface area contributed by atoms with E-state index in [1.54, 1.807) is 6.20 Å². The van der Waals surface area contributed by atoms with Gasteiger partial charge in [0.05, 0.1) is 36.2 Å². The van der Waals surface area contributed by atoms with Crippen LogP contribution in [0, 0.1) is 5.92 Å². The number of carbonyl (C=O) groups is 2. The lowest BCUT2D eigenvalue weighted by Crippen LogP contribution is -2.42. The van der Waals surface area contributed by atoms with Gasteiger partial charge in [-0.3, -0.25) is 9.69 Å². The zero-order chi connectivity index (χ0) is 25.3. The monoisotopic (exact) mass is 516 g/mol. The van der Waals surface area contributed by atoms with E-state index in [1.807, 2.05) is 24.3 Å². The van der Waals surface area contributed by atoms with Crippen molar-refractivity contribution in [1.29, 1.82) is 0 Å². The minimum absolute atomic E-state index is 0.112. The van der Waals surface area contributed by atoms with Gasteiger partial charge in [-0.05, 0) is 42.9 Å². The molecule has 0 spiro atoms. The van der Waals surface area contributed by atoms with Crippen LogP contribution in [-0.2, 0) is 20.7 Å². The topological polar surface area (TPSA) is 104 Å². The number of rotatable bonds is 12. The Bertz CT molecular complexity index is 988. The molecule has 1 amide bonds. The molecule has 1 aliphatic carbocycles. The SMILES string of the molecule is CC(=O)N(NCCCc1ncc(C(=O)OCCN2CCOCC2)s1)c1ccc(C(O)C2CCC2)cc1. The van der Waals surface area contributed by atoms with Gasteiger partial charge in [0.15, 0.2) is 0 Å². The average molecular weight is 517 g/mol. The molecule has 0 bridgehead atoms. The van der Waals surface area contributed by atoms with Crippen LogP contribution in [0.1, 0.15) is 59.0 Å². The molecule has 196 valence electrons. The van der Waals surface area contributed by atoms with Gasteiger partial charge in [-0.2, -0.15) is 0 Å². The highest BCUT2D eigenvalue weighted by Crippen LogP contribution is 2.37. The first-order chi connectivity index (χ1) is 17.5. The van der Waals surface area contributed by atoms with Gasteiger partial charge in [0.1, 0.15) is 11.5 Å². The van der Waals surface area contributed by atoms with Crippen molar-refractivity contribution in [2.45, 2.75) is 45.1 Å². The molecule has 2 aromatic rings. The van der Waals surface area contributed by atoms with Gasteiger partial charge < -0.3 is 14.6 Å². The van der Waals surface area contributed by atoms with Crippen LogP contribution in [-0.4, -0.2) is 72.9 Å². The quantitative estimate of drug-likeness (QED) is 0.252. The van der Waals surface area contributed by atoms with E-state index in [9.17, 15) is 14.7 Å². The van der Waals surface area contributed by atoms with Crippen molar-refractivity contribution >= 4 is 28.9 Å². The van der Waals surface area contributed by atoms with E-state index in [1.165, 1.54) is 29.7 Å². The third-order valence-corrected chi connectivity index (χ3v) is 7.78. The summed E-state index contributed by atoms with van der Waals surface area (Å²) in [4.78, 5) is 31.6. The maximum atomic E-state index is 12.3. The number of ether oxygens (including phenoxy) is 2. The van der Waals surface area contributed by atoms with E-state index in [0.29, 0.717) is 36.9 Å². The number of hydrogen-bond acceptors (Lipinski definition) is 9. The van der Waals surface area contributed by atoms with E-state index in [-0.39, 0.29) is 11.9 Å². The summed E-state index contributed by atoms with van der Waals surface area (Å²) in [5.41, 5.74) is 4.81. The number of carbonyl (C=O) groups excluding carboxylic acids is 2. The molecule has 2 aliphatic rings. The number of esters is 1. The molecule has 1 aliphatic heterocycles. The van der Waals surface area contributed by atoms with E-state index in [0.717, 1.165) is 61.8 Å². The third kappa shape index (κ3) is 7.33. The minimum atomic E-state index is -0.434. The number of aliphatic hydroxyl groups is 1. The number of thiazole rings is 1. The molecule has 10 heteroatoms. The van der Waals surface area contributed by atoms with Crippen molar-refractivity contribution in [3.63, 3.8) is 0 Å². The first-order valence-electron chi connectivity index (χ1n) is 12.8. The predicted molar refractivity (Wildman–Crippen MR) is 138 cm³/mol. The average Bonchev–Trinajstić information content (AvgIpc) is 3.33. The number of morpholine rings is 1. The highest BCUT2D eigenvalue weighted by molar-refractivity contribution is 7.13. The van der Waals surface area contributed by atoms with Gasteiger partial charge in [-0.1, -0.05) is 18.6 Å². The molecule has 1 atom stereocenters. The fourth-order valence-corrected chi connectivity index (χ4v) is 5.20. The van der Waals surface area contributed by atoms with E-state index in [2.05, 4.69) is 15.3 Å². The molecular weight excluding hydrogens is 480 g/mol. The van der Waals surface area contributed by atoms with Gasteiger partial charge in [0, 0.05) is 39.5 Å². The van der Waals surface area contributed by atoms with Crippen molar-refractivity contribution in [2.24, 2.45) is 5.92 Å². The lowest BCUT2D eigenvalue weighted by molar-refractivity contribution is -0.117. The van der Waals surface area contributed by atoms with Crippen LogP contribution in [0.5, 0.6) is 0 Å². The molecular formula is C26H36N4O5S. The van der Waals surface area contributed by atoms with Gasteiger partial charge in [-0.15, -0.1) is 11.3 Å². The predicted octanol–water partition coefficient (Wildman–Crippen LogP) is 2.96. The Morgan fingerprint density at radius 3 is 2.69 bits per heavy atom. The van der Waals surface area contributed by atoms with Gasteiger partial charge in [0.2, 0.25) is 5.91 Å². The first-order valence-corrected chi connectivity index (χ1v) is 13.6. The largest absolute Gasteiger partial charge is 0.460 e. The molecule has 1 saturated heterocycles. The van der Waals surface area contributed by atoms with Crippen LogP contribution in [0.2, 0.25) is 0 Å². The second kappa shape index (κ2) is 13.3. The summed E-state index contributed by atoms with van der Waals surface area (Å²) in [6.45, 7) is 6.34. The standard InChI is InChI=1S/C26H36N4O5S/c1-19(31)30(22-9-7-21(8-10-22)25(32)20-4-2-5-20)28-11-3-6-24-27-18-23(36-24)26(33)35-17-14-29-12-15-34-16-13-29/h7-10,18,20,25,28,32H,2-6,11-17H2,1H3. The van der Waals surface area contributed by atoms with Crippen LogP contribution in [0.25, 0.3) is 0 Å². The number of anilines is 1. The van der Waals surface area contributed by atoms with Crippen LogP contribution in [0.3, 0.4) is 0 Å². The van der Waals surface area contributed by atoms with Crippen LogP contribution < -0.4 is 10.4 Å². The lowest BCUT2D eigenvalue weighted by atomic mass is 9.79. The van der Waals surface area contributed by atoms with Crippen molar-refractivity contribution in [1.82, 2.24) is 15.3 Å². The van der Waals surface area contributed by atoms with Gasteiger partial charge in [-0.25, -0.2) is 20.2 Å². The molecule has 2 heterocycles. The highest BCUT2D eigenvalue weighted by atomic mass is 32.1. The second-order valence-electron chi connectivity index (χ2n) is 9.30. The Morgan fingerprint density at radius 1 is 1.28 bits per heavy atom. The number of hydrazine groups is 1. The zero-order valence-electron chi connectivity index (χ0n) is 20.9. The number of aromatic nitrogens is 1.